The Hall–Kier alpha value is -1.31. The monoisotopic (exact) mass is 318 g/mol. The van der Waals surface area contributed by atoms with Crippen LogP contribution in [0, 0.1) is 5.92 Å². The van der Waals surface area contributed by atoms with Crippen molar-refractivity contribution in [2.24, 2.45) is 5.92 Å². The lowest BCUT2D eigenvalue weighted by molar-refractivity contribution is -0.156. The minimum absolute atomic E-state index is 0.0252. The standard InChI is InChI=1S/C21H34O2/c1-3-4-5-6-7-8-9-10-11-12-13-14-16-19(2)20-17-15-18-21(22)23-20/h7-8,10-11,13-14,19-20H,3-6,9,12,15-18H2,1-2H3. The molecule has 0 aromatic rings. The molecule has 130 valence electrons. The molecule has 23 heavy (non-hydrogen) atoms. The molecule has 2 atom stereocenters. The van der Waals surface area contributed by atoms with Crippen molar-refractivity contribution < 1.29 is 9.53 Å². The van der Waals surface area contributed by atoms with E-state index in [0.717, 1.165) is 32.1 Å². The third kappa shape index (κ3) is 10.1. The number of cyclic esters (lactones) is 1. The van der Waals surface area contributed by atoms with Gasteiger partial charge >= 0.3 is 5.97 Å². The SMILES string of the molecule is CCCCCC=CCC=CCC=CCC(C)C1CCCC(=O)O1. The summed E-state index contributed by atoms with van der Waals surface area (Å²) in [6, 6.07) is 0. The molecule has 0 spiro atoms. The molecule has 1 fully saturated rings. The number of carbonyl (C=O) groups excluding carboxylic acids is 1. The Kier molecular flexibility index (Phi) is 11.3. The van der Waals surface area contributed by atoms with Crippen LogP contribution in [0.3, 0.4) is 0 Å². The molecule has 0 N–H and O–H groups in total. The number of rotatable bonds is 11. The summed E-state index contributed by atoms with van der Waals surface area (Å²) in [6.07, 6.45) is 24.3. The van der Waals surface area contributed by atoms with E-state index < -0.39 is 0 Å². The summed E-state index contributed by atoms with van der Waals surface area (Å²) in [6.45, 7) is 4.41. The van der Waals surface area contributed by atoms with E-state index in [1.54, 1.807) is 0 Å². The average molecular weight is 319 g/mol. The number of hydrogen-bond acceptors (Lipinski definition) is 2. The Labute approximate surface area is 142 Å². The number of ether oxygens (including phenoxy) is 1. The van der Waals surface area contributed by atoms with Gasteiger partial charge in [-0.3, -0.25) is 4.79 Å². The van der Waals surface area contributed by atoms with Gasteiger partial charge in [0.1, 0.15) is 6.10 Å². The largest absolute Gasteiger partial charge is 0.462 e. The predicted molar refractivity (Wildman–Crippen MR) is 98.3 cm³/mol. The maximum absolute atomic E-state index is 11.3. The fourth-order valence-corrected chi connectivity index (χ4v) is 2.77. The number of esters is 1. The van der Waals surface area contributed by atoms with Gasteiger partial charge in [0.15, 0.2) is 0 Å². The third-order valence-corrected chi connectivity index (χ3v) is 4.31. The number of hydrogen-bond donors (Lipinski definition) is 0. The molecule has 0 radical (unpaired) electrons. The number of carbonyl (C=O) groups is 1. The van der Waals surface area contributed by atoms with Crippen LogP contribution in [-0.4, -0.2) is 12.1 Å². The molecular formula is C21H34O2. The maximum atomic E-state index is 11.3. The summed E-state index contributed by atoms with van der Waals surface area (Å²) >= 11 is 0. The summed E-state index contributed by atoms with van der Waals surface area (Å²) < 4.78 is 5.41. The molecule has 0 amide bonds. The molecular weight excluding hydrogens is 284 g/mol. The molecule has 1 rings (SSSR count). The lowest BCUT2D eigenvalue weighted by atomic mass is 9.94. The molecule has 0 aromatic heterocycles. The van der Waals surface area contributed by atoms with Gasteiger partial charge in [-0.2, -0.15) is 0 Å². The number of allylic oxidation sites excluding steroid dienone is 6. The second-order valence-corrected chi connectivity index (χ2v) is 6.51. The summed E-state index contributed by atoms with van der Waals surface area (Å²) in [5.41, 5.74) is 0. The number of unbranched alkanes of at least 4 members (excludes halogenated alkanes) is 3. The minimum atomic E-state index is -0.0252. The molecule has 2 heteroatoms. The molecule has 1 saturated heterocycles. The van der Waals surface area contributed by atoms with Crippen molar-refractivity contribution in [1.29, 1.82) is 0 Å². The van der Waals surface area contributed by atoms with Crippen molar-refractivity contribution in [3.63, 3.8) is 0 Å². The van der Waals surface area contributed by atoms with Gasteiger partial charge in [-0.1, -0.05) is 63.1 Å². The van der Waals surface area contributed by atoms with E-state index in [1.807, 2.05) is 0 Å². The van der Waals surface area contributed by atoms with E-state index in [4.69, 9.17) is 4.74 Å². The second-order valence-electron chi connectivity index (χ2n) is 6.51. The first kappa shape index (κ1) is 19.7. The van der Waals surface area contributed by atoms with Gasteiger partial charge in [0.2, 0.25) is 0 Å². The van der Waals surface area contributed by atoms with Crippen LogP contribution in [-0.2, 0) is 9.53 Å². The van der Waals surface area contributed by atoms with Crippen molar-refractivity contribution >= 4 is 5.97 Å². The van der Waals surface area contributed by atoms with E-state index in [0.29, 0.717) is 12.3 Å². The summed E-state index contributed by atoms with van der Waals surface area (Å²) in [7, 11) is 0. The van der Waals surface area contributed by atoms with Gasteiger partial charge in [0.25, 0.3) is 0 Å². The minimum Gasteiger partial charge on any atom is -0.462 e. The molecule has 2 unspecified atom stereocenters. The van der Waals surface area contributed by atoms with Crippen LogP contribution in [0.25, 0.3) is 0 Å². The van der Waals surface area contributed by atoms with Crippen LogP contribution in [0.1, 0.15) is 78.1 Å². The van der Waals surface area contributed by atoms with E-state index >= 15 is 0 Å². The first-order valence-corrected chi connectivity index (χ1v) is 9.38. The molecule has 0 bridgehead atoms. The fraction of sp³-hybridized carbons (Fsp3) is 0.667. The molecule has 0 aliphatic carbocycles. The van der Waals surface area contributed by atoms with Crippen LogP contribution in [0.4, 0.5) is 0 Å². The zero-order valence-corrected chi connectivity index (χ0v) is 15.0. The quantitative estimate of drug-likeness (QED) is 0.260. The Morgan fingerprint density at radius 3 is 2.48 bits per heavy atom. The Balaban J connectivity index is 2.05. The Morgan fingerprint density at radius 1 is 1.09 bits per heavy atom. The molecule has 2 nitrogen and oxygen atoms in total. The molecule has 1 aliphatic rings. The van der Waals surface area contributed by atoms with Crippen molar-refractivity contribution in [2.45, 2.75) is 84.2 Å². The van der Waals surface area contributed by atoms with Crippen molar-refractivity contribution in [3.05, 3.63) is 36.5 Å². The van der Waals surface area contributed by atoms with Gasteiger partial charge in [-0.05, 0) is 50.9 Å². The topological polar surface area (TPSA) is 26.3 Å². The van der Waals surface area contributed by atoms with Crippen LogP contribution < -0.4 is 0 Å². The van der Waals surface area contributed by atoms with Crippen LogP contribution in [0.5, 0.6) is 0 Å². The zero-order chi connectivity index (χ0) is 16.8. The van der Waals surface area contributed by atoms with Crippen molar-refractivity contribution in [3.8, 4) is 0 Å². The van der Waals surface area contributed by atoms with Crippen LogP contribution >= 0.6 is 0 Å². The smallest absolute Gasteiger partial charge is 0.306 e. The highest BCUT2D eigenvalue weighted by Gasteiger charge is 2.24. The highest BCUT2D eigenvalue weighted by Crippen LogP contribution is 2.23. The Morgan fingerprint density at radius 2 is 1.78 bits per heavy atom. The van der Waals surface area contributed by atoms with Gasteiger partial charge < -0.3 is 4.74 Å². The fourth-order valence-electron chi connectivity index (χ4n) is 2.77. The first-order valence-electron chi connectivity index (χ1n) is 9.38. The molecule has 1 aliphatic heterocycles. The van der Waals surface area contributed by atoms with Gasteiger partial charge in [0, 0.05) is 6.42 Å². The lowest BCUT2D eigenvalue weighted by Gasteiger charge is -2.26. The zero-order valence-electron chi connectivity index (χ0n) is 15.0. The molecule has 1 heterocycles. The van der Waals surface area contributed by atoms with Crippen molar-refractivity contribution in [2.75, 3.05) is 0 Å². The highest BCUT2D eigenvalue weighted by atomic mass is 16.5. The predicted octanol–water partition coefficient (Wildman–Crippen LogP) is 6.14. The lowest BCUT2D eigenvalue weighted by Crippen LogP contribution is -2.29. The van der Waals surface area contributed by atoms with Crippen LogP contribution in [0.15, 0.2) is 36.5 Å². The normalized spacial score (nSPS) is 20.6. The van der Waals surface area contributed by atoms with E-state index in [9.17, 15) is 4.79 Å². The van der Waals surface area contributed by atoms with E-state index in [-0.39, 0.29) is 12.1 Å². The highest BCUT2D eigenvalue weighted by molar-refractivity contribution is 5.70. The summed E-state index contributed by atoms with van der Waals surface area (Å²) in [5.74, 6) is 0.397. The van der Waals surface area contributed by atoms with Gasteiger partial charge in [-0.15, -0.1) is 0 Å². The van der Waals surface area contributed by atoms with E-state index in [1.165, 1.54) is 25.7 Å². The third-order valence-electron chi connectivity index (χ3n) is 4.31. The maximum Gasteiger partial charge on any atom is 0.306 e. The van der Waals surface area contributed by atoms with Crippen LogP contribution in [0.2, 0.25) is 0 Å². The summed E-state index contributed by atoms with van der Waals surface area (Å²) in [5, 5.41) is 0. The Bertz CT molecular complexity index is 393. The van der Waals surface area contributed by atoms with E-state index in [2.05, 4.69) is 50.3 Å². The summed E-state index contributed by atoms with van der Waals surface area (Å²) in [4.78, 5) is 11.3. The average Bonchev–Trinajstić information content (AvgIpc) is 2.55. The second kappa shape index (κ2) is 13.2. The first-order chi connectivity index (χ1) is 11.2. The van der Waals surface area contributed by atoms with Gasteiger partial charge in [0.05, 0.1) is 0 Å². The molecule has 0 saturated carbocycles. The molecule has 0 aromatic carbocycles. The van der Waals surface area contributed by atoms with Gasteiger partial charge in [-0.25, -0.2) is 0 Å². The van der Waals surface area contributed by atoms with Crippen molar-refractivity contribution in [1.82, 2.24) is 0 Å².